The van der Waals surface area contributed by atoms with Crippen LogP contribution in [0.1, 0.15) is 40.0 Å². The Morgan fingerprint density at radius 3 is 2.42 bits per heavy atom. The molecule has 1 fully saturated rings. The van der Waals surface area contributed by atoms with Crippen LogP contribution in [-0.4, -0.2) is 42.4 Å². The summed E-state index contributed by atoms with van der Waals surface area (Å²) < 4.78 is 0. The van der Waals surface area contributed by atoms with E-state index in [4.69, 9.17) is 5.73 Å². The van der Waals surface area contributed by atoms with Crippen LogP contribution in [0.15, 0.2) is 0 Å². The molecule has 0 radical (unpaired) electrons. The SMILES string of the molecule is CCC(C)[C@H](N)C(=O)NCC1CCN(C(C)=O)CC1. The third-order valence-electron chi connectivity index (χ3n) is 4.18. The first-order valence-electron chi connectivity index (χ1n) is 7.24. The van der Waals surface area contributed by atoms with Gasteiger partial charge in [-0.15, -0.1) is 0 Å². The van der Waals surface area contributed by atoms with Crippen LogP contribution >= 0.6 is 0 Å². The van der Waals surface area contributed by atoms with Crippen molar-refractivity contribution >= 4 is 11.8 Å². The molecule has 0 aliphatic carbocycles. The Bertz CT molecular complexity index is 312. The van der Waals surface area contributed by atoms with Crippen LogP contribution in [0, 0.1) is 11.8 Å². The summed E-state index contributed by atoms with van der Waals surface area (Å²) >= 11 is 0. The van der Waals surface area contributed by atoms with E-state index >= 15 is 0 Å². The molecule has 1 rings (SSSR count). The first-order valence-corrected chi connectivity index (χ1v) is 7.24. The van der Waals surface area contributed by atoms with Gasteiger partial charge in [-0.05, 0) is 24.7 Å². The molecule has 2 amide bonds. The minimum absolute atomic E-state index is 0.0525. The van der Waals surface area contributed by atoms with E-state index in [1.54, 1.807) is 6.92 Å². The van der Waals surface area contributed by atoms with Crippen molar-refractivity contribution < 1.29 is 9.59 Å². The number of piperidine rings is 1. The first kappa shape index (κ1) is 16.0. The summed E-state index contributed by atoms with van der Waals surface area (Å²) in [6, 6.07) is -0.415. The molecule has 0 bridgehead atoms. The average Bonchev–Trinajstić information content (AvgIpc) is 2.43. The summed E-state index contributed by atoms with van der Waals surface area (Å²) in [6.45, 7) is 7.91. The molecule has 0 aromatic heterocycles. The zero-order valence-corrected chi connectivity index (χ0v) is 12.3. The van der Waals surface area contributed by atoms with Gasteiger partial charge < -0.3 is 16.0 Å². The molecule has 0 spiro atoms. The minimum atomic E-state index is -0.415. The Morgan fingerprint density at radius 2 is 1.95 bits per heavy atom. The molecule has 2 atom stereocenters. The zero-order valence-electron chi connectivity index (χ0n) is 12.3. The highest BCUT2D eigenvalue weighted by Crippen LogP contribution is 2.16. The molecular weight excluding hydrogens is 242 g/mol. The van der Waals surface area contributed by atoms with Gasteiger partial charge in [0.1, 0.15) is 0 Å². The maximum Gasteiger partial charge on any atom is 0.237 e. The Labute approximate surface area is 115 Å². The molecule has 1 unspecified atom stereocenters. The van der Waals surface area contributed by atoms with Gasteiger partial charge in [0.2, 0.25) is 11.8 Å². The summed E-state index contributed by atoms with van der Waals surface area (Å²) in [6.07, 6.45) is 2.82. The predicted molar refractivity (Wildman–Crippen MR) is 75.4 cm³/mol. The number of carbonyl (C=O) groups is 2. The molecule has 0 saturated carbocycles. The van der Waals surface area contributed by atoms with Crippen LogP contribution in [0.5, 0.6) is 0 Å². The van der Waals surface area contributed by atoms with Crippen LogP contribution in [0.4, 0.5) is 0 Å². The third kappa shape index (κ3) is 4.82. The second kappa shape index (κ2) is 7.48. The fourth-order valence-electron chi connectivity index (χ4n) is 2.33. The lowest BCUT2D eigenvalue weighted by molar-refractivity contribution is -0.130. The summed E-state index contributed by atoms with van der Waals surface area (Å²) in [7, 11) is 0. The van der Waals surface area contributed by atoms with Gasteiger partial charge in [-0.25, -0.2) is 0 Å². The van der Waals surface area contributed by atoms with Gasteiger partial charge in [0.25, 0.3) is 0 Å². The number of hydrogen-bond acceptors (Lipinski definition) is 3. The van der Waals surface area contributed by atoms with Crippen LogP contribution in [-0.2, 0) is 9.59 Å². The fourth-order valence-corrected chi connectivity index (χ4v) is 2.33. The lowest BCUT2D eigenvalue weighted by atomic mass is 9.95. The van der Waals surface area contributed by atoms with Crippen molar-refractivity contribution in [2.45, 2.75) is 46.1 Å². The third-order valence-corrected chi connectivity index (χ3v) is 4.18. The fraction of sp³-hybridized carbons (Fsp3) is 0.857. The van der Waals surface area contributed by atoms with Crippen LogP contribution in [0.3, 0.4) is 0 Å². The standard InChI is InChI=1S/C14H27N3O2/c1-4-10(2)13(15)14(19)16-9-12-5-7-17(8-6-12)11(3)18/h10,12-13H,4-9,15H2,1-3H3,(H,16,19)/t10?,13-/m0/s1. The lowest BCUT2D eigenvalue weighted by Crippen LogP contribution is -2.47. The van der Waals surface area contributed by atoms with Crippen molar-refractivity contribution in [1.29, 1.82) is 0 Å². The predicted octanol–water partition coefficient (Wildman–Crippen LogP) is 0.735. The van der Waals surface area contributed by atoms with Gasteiger partial charge in [-0.1, -0.05) is 20.3 Å². The maximum absolute atomic E-state index is 11.9. The average molecular weight is 269 g/mol. The van der Waals surface area contributed by atoms with Crippen molar-refractivity contribution in [3.63, 3.8) is 0 Å². The van der Waals surface area contributed by atoms with Crippen molar-refractivity contribution in [2.75, 3.05) is 19.6 Å². The molecule has 1 saturated heterocycles. The maximum atomic E-state index is 11.9. The minimum Gasteiger partial charge on any atom is -0.354 e. The smallest absolute Gasteiger partial charge is 0.237 e. The van der Waals surface area contributed by atoms with E-state index in [1.165, 1.54) is 0 Å². The molecule has 0 aromatic rings. The Kier molecular flexibility index (Phi) is 6.28. The Hall–Kier alpha value is -1.10. The van der Waals surface area contributed by atoms with E-state index in [1.807, 2.05) is 18.7 Å². The van der Waals surface area contributed by atoms with Gasteiger partial charge in [0, 0.05) is 26.6 Å². The molecule has 1 aliphatic rings. The summed E-state index contributed by atoms with van der Waals surface area (Å²) in [4.78, 5) is 24.9. The Balaban J connectivity index is 2.27. The van der Waals surface area contributed by atoms with Crippen molar-refractivity contribution in [3.8, 4) is 0 Å². The molecular formula is C14H27N3O2. The van der Waals surface area contributed by atoms with Crippen LogP contribution in [0.2, 0.25) is 0 Å². The number of hydrogen-bond donors (Lipinski definition) is 2. The van der Waals surface area contributed by atoms with Gasteiger partial charge >= 0.3 is 0 Å². The van der Waals surface area contributed by atoms with Crippen LogP contribution < -0.4 is 11.1 Å². The summed E-state index contributed by atoms with van der Waals surface area (Å²) in [5.41, 5.74) is 5.88. The normalized spacial score (nSPS) is 19.9. The molecule has 5 heteroatoms. The Morgan fingerprint density at radius 1 is 1.37 bits per heavy atom. The van der Waals surface area contributed by atoms with Crippen molar-refractivity contribution in [3.05, 3.63) is 0 Å². The number of likely N-dealkylation sites (tertiary alicyclic amines) is 1. The highest BCUT2D eigenvalue weighted by molar-refractivity contribution is 5.81. The second-order valence-corrected chi connectivity index (χ2v) is 5.61. The van der Waals surface area contributed by atoms with Crippen LogP contribution in [0.25, 0.3) is 0 Å². The van der Waals surface area contributed by atoms with E-state index in [0.717, 1.165) is 32.4 Å². The number of amides is 2. The lowest BCUT2D eigenvalue weighted by Gasteiger charge is -2.31. The molecule has 1 aliphatic heterocycles. The quantitative estimate of drug-likeness (QED) is 0.773. The van der Waals surface area contributed by atoms with Crippen molar-refractivity contribution in [2.24, 2.45) is 17.6 Å². The molecule has 3 N–H and O–H groups in total. The van der Waals surface area contributed by atoms with E-state index in [9.17, 15) is 9.59 Å². The largest absolute Gasteiger partial charge is 0.354 e. The first-order chi connectivity index (χ1) is 8.95. The highest BCUT2D eigenvalue weighted by Gasteiger charge is 2.23. The van der Waals surface area contributed by atoms with E-state index in [-0.39, 0.29) is 17.7 Å². The van der Waals surface area contributed by atoms with Crippen molar-refractivity contribution in [1.82, 2.24) is 10.2 Å². The molecule has 110 valence electrons. The van der Waals surface area contributed by atoms with Gasteiger partial charge in [0.15, 0.2) is 0 Å². The molecule has 5 nitrogen and oxygen atoms in total. The van der Waals surface area contributed by atoms with Gasteiger partial charge in [-0.3, -0.25) is 9.59 Å². The van der Waals surface area contributed by atoms with E-state index < -0.39 is 6.04 Å². The number of carbonyl (C=O) groups excluding carboxylic acids is 2. The van der Waals surface area contributed by atoms with E-state index in [2.05, 4.69) is 5.32 Å². The van der Waals surface area contributed by atoms with Gasteiger partial charge in [0.05, 0.1) is 6.04 Å². The summed E-state index contributed by atoms with van der Waals surface area (Å²) in [5, 5.41) is 2.94. The van der Waals surface area contributed by atoms with Gasteiger partial charge in [-0.2, -0.15) is 0 Å². The molecule has 0 aromatic carbocycles. The van der Waals surface area contributed by atoms with E-state index in [0.29, 0.717) is 12.5 Å². The monoisotopic (exact) mass is 269 g/mol. The molecule has 19 heavy (non-hydrogen) atoms. The number of nitrogens with one attached hydrogen (secondary N) is 1. The summed E-state index contributed by atoms with van der Waals surface area (Å²) in [5.74, 6) is 0.757. The number of nitrogens with two attached hydrogens (primary N) is 1. The second-order valence-electron chi connectivity index (χ2n) is 5.61. The molecule has 1 heterocycles. The topological polar surface area (TPSA) is 75.4 Å². The zero-order chi connectivity index (χ0) is 14.4. The highest BCUT2D eigenvalue weighted by atomic mass is 16.2. The number of rotatable bonds is 5. The number of nitrogens with zero attached hydrogens (tertiary/aromatic N) is 1.